The number of benzene rings is 1. The van der Waals surface area contributed by atoms with E-state index in [0.29, 0.717) is 19.0 Å². The average Bonchev–Trinajstić information content (AvgIpc) is 3.43. The van der Waals surface area contributed by atoms with E-state index < -0.39 is 0 Å². The first kappa shape index (κ1) is 17.5. The van der Waals surface area contributed by atoms with Crippen LogP contribution in [0.25, 0.3) is 0 Å². The minimum absolute atomic E-state index is 0.115. The fourth-order valence-corrected chi connectivity index (χ4v) is 4.85. The van der Waals surface area contributed by atoms with Crippen LogP contribution in [-0.2, 0) is 9.59 Å². The summed E-state index contributed by atoms with van der Waals surface area (Å²) in [6.45, 7) is 2.93. The summed E-state index contributed by atoms with van der Waals surface area (Å²) in [4.78, 5) is 31.4. The molecule has 2 amide bonds. The van der Waals surface area contributed by atoms with Crippen molar-refractivity contribution in [2.75, 3.05) is 49.8 Å². The molecule has 2 saturated heterocycles. The molecule has 0 bridgehead atoms. The molecule has 7 heteroatoms. The molecule has 0 N–H and O–H groups in total. The van der Waals surface area contributed by atoms with Crippen LogP contribution in [0.1, 0.15) is 12.8 Å². The van der Waals surface area contributed by atoms with Gasteiger partial charge in [0, 0.05) is 37.8 Å². The summed E-state index contributed by atoms with van der Waals surface area (Å²) in [6, 6.07) is 7.72. The molecule has 3 fully saturated rings. The van der Waals surface area contributed by atoms with Gasteiger partial charge in [0.2, 0.25) is 11.8 Å². The summed E-state index contributed by atoms with van der Waals surface area (Å²) in [5.41, 5.74) is 1.07. The van der Waals surface area contributed by atoms with Crippen LogP contribution in [0.5, 0.6) is 5.75 Å². The van der Waals surface area contributed by atoms with Crippen molar-refractivity contribution in [3.63, 3.8) is 0 Å². The van der Waals surface area contributed by atoms with Crippen LogP contribution >= 0.6 is 11.8 Å². The second-order valence-corrected chi connectivity index (χ2v) is 8.08. The molecule has 1 aromatic carbocycles. The Morgan fingerprint density at radius 3 is 2.50 bits per heavy atom. The highest BCUT2D eigenvalue weighted by Gasteiger charge is 2.42. The highest BCUT2D eigenvalue weighted by molar-refractivity contribution is 7.99. The number of carbonyl (C=O) groups excluding carboxylic acids is 2. The van der Waals surface area contributed by atoms with E-state index in [-0.39, 0.29) is 23.8 Å². The number of nitrogens with zero attached hydrogens (tertiary/aromatic N) is 3. The molecule has 4 rings (SSSR count). The van der Waals surface area contributed by atoms with E-state index in [1.807, 2.05) is 28.0 Å². The molecule has 1 aliphatic carbocycles. The summed E-state index contributed by atoms with van der Waals surface area (Å²) in [7, 11) is 1.68. The maximum absolute atomic E-state index is 13.0. The Morgan fingerprint density at radius 2 is 1.81 bits per heavy atom. The Labute approximate surface area is 158 Å². The summed E-state index contributed by atoms with van der Waals surface area (Å²) in [5, 5.41) is 0. The van der Waals surface area contributed by atoms with E-state index in [4.69, 9.17) is 4.74 Å². The Balaban J connectivity index is 1.38. The van der Waals surface area contributed by atoms with Crippen LogP contribution < -0.4 is 9.64 Å². The number of amides is 2. The van der Waals surface area contributed by atoms with Crippen LogP contribution in [0.4, 0.5) is 5.69 Å². The van der Waals surface area contributed by atoms with Gasteiger partial charge in [-0.1, -0.05) is 12.1 Å². The molecule has 0 aromatic heterocycles. The first-order chi connectivity index (χ1) is 12.7. The van der Waals surface area contributed by atoms with Gasteiger partial charge in [-0.15, -0.1) is 11.8 Å². The Hall–Kier alpha value is -1.89. The number of piperazine rings is 1. The minimum atomic E-state index is -0.272. The third-order valence-electron chi connectivity index (χ3n) is 5.39. The van der Waals surface area contributed by atoms with Crippen molar-refractivity contribution in [2.45, 2.75) is 18.9 Å². The lowest BCUT2D eigenvalue weighted by molar-refractivity contribution is -0.144. The monoisotopic (exact) mass is 375 g/mol. The zero-order chi connectivity index (χ0) is 18.1. The lowest BCUT2D eigenvalue weighted by atomic mass is 10.2. The number of anilines is 1. The van der Waals surface area contributed by atoms with E-state index in [1.165, 1.54) is 0 Å². The lowest BCUT2D eigenvalue weighted by Crippen LogP contribution is -2.55. The molecule has 1 saturated carbocycles. The summed E-state index contributed by atoms with van der Waals surface area (Å²) in [5.74, 6) is 2.72. The number of methoxy groups -OCH3 is 1. The zero-order valence-electron chi connectivity index (χ0n) is 15.1. The highest BCUT2D eigenvalue weighted by Crippen LogP contribution is 2.35. The third-order valence-corrected chi connectivity index (χ3v) is 6.41. The van der Waals surface area contributed by atoms with Crippen molar-refractivity contribution >= 4 is 29.3 Å². The van der Waals surface area contributed by atoms with Crippen molar-refractivity contribution in [1.29, 1.82) is 0 Å². The van der Waals surface area contributed by atoms with E-state index in [9.17, 15) is 9.59 Å². The second-order valence-electron chi connectivity index (χ2n) is 7.08. The standard InChI is InChI=1S/C19H25N3O3S/c1-25-17-5-3-2-4-15(17)20-8-10-21(11-9-20)19(24)16-12-26-13-22(16)18(23)14-6-7-14/h2-5,14,16H,6-13H2,1H3/t16-/m1/s1. The molecule has 2 heterocycles. The van der Waals surface area contributed by atoms with E-state index >= 15 is 0 Å². The molecule has 0 spiro atoms. The van der Waals surface area contributed by atoms with Gasteiger partial charge in [0.05, 0.1) is 18.7 Å². The van der Waals surface area contributed by atoms with Crippen molar-refractivity contribution in [2.24, 2.45) is 5.92 Å². The van der Waals surface area contributed by atoms with Gasteiger partial charge in [-0.3, -0.25) is 9.59 Å². The number of para-hydroxylation sites is 2. The third kappa shape index (κ3) is 3.37. The molecule has 0 radical (unpaired) electrons. The number of hydrogen-bond donors (Lipinski definition) is 0. The number of thioether (sulfide) groups is 1. The normalized spacial score (nSPS) is 23.3. The smallest absolute Gasteiger partial charge is 0.246 e. The van der Waals surface area contributed by atoms with Gasteiger partial charge in [-0.05, 0) is 25.0 Å². The summed E-state index contributed by atoms with van der Waals surface area (Å²) >= 11 is 1.69. The number of hydrogen-bond acceptors (Lipinski definition) is 5. The fraction of sp³-hybridized carbons (Fsp3) is 0.579. The molecule has 2 aliphatic heterocycles. The molecular formula is C19H25N3O3S. The predicted octanol–water partition coefficient (Wildman–Crippen LogP) is 1.66. The first-order valence-electron chi connectivity index (χ1n) is 9.24. The van der Waals surface area contributed by atoms with Crippen molar-refractivity contribution in [1.82, 2.24) is 9.80 Å². The summed E-state index contributed by atoms with van der Waals surface area (Å²) in [6.07, 6.45) is 1.97. The van der Waals surface area contributed by atoms with E-state index in [0.717, 1.165) is 43.1 Å². The van der Waals surface area contributed by atoms with Gasteiger partial charge in [0.25, 0.3) is 0 Å². The Bertz CT molecular complexity index is 686. The lowest BCUT2D eigenvalue weighted by Gasteiger charge is -2.38. The molecule has 1 atom stereocenters. The molecule has 1 aromatic rings. The van der Waals surface area contributed by atoms with Crippen LogP contribution in [0.15, 0.2) is 24.3 Å². The molecule has 6 nitrogen and oxygen atoms in total. The molecule has 140 valence electrons. The van der Waals surface area contributed by atoms with Gasteiger partial charge >= 0.3 is 0 Å². The number of carbonyl (C=O) groups is 2. The first-order valence-corrected chi connectivity index (χ1v) is 10.4. The Kier molecular flexibility index (Phi) is 4.98. The largest absolute Gasteiger partial charge is 0.495 e. The van der Waals surface area contributed by atoms with Gasteiger partial charge in [0.1, 0.15) is 11.8 Å². The number of rotatable bonds is 4. The van der Waals surface area contributed by atoms with Gasteiger partial charge in [0.15, 0.2) is 0 Å². The topological polar surface area (TPSA) is 53.1 Å². The van der Waals surface area contributed by atoms with Crippen LogP contribution in [0, 0.1) is 5.92 Å². The predicted molar refractivity (Wildman–Crippen MR) is 102 cm³/mol. The van der Waals surface area contributed by atoms with E-state index in [2.05, 4.69) is 11.0 Å². The van der Waals surface area contributed by atoms with Crippen molar-refractivity contribution in [3.8, 4) is 5.75 Å². The Morgan fingerprint density at radius 1 is 1.08 bits per heavy atom. The maximum Gasteiger partial charge on any atom is 0.246 e. The van der Waals surface area contributed by atoms with Crippen molar-refractivity contribution in [3.05, 3.63) is 24.3 Å². The zero-order valence-corrected chi connectivity index (χ0v) is 15.9. The quantitative estimate of drug-likeness (QED) is 0.801. The van der Waals surface area contributed by atoms with Gasteiger partial charge < -0.3 is 19.4 Å². The second kappa shape index (κ2) is 7.39. The molecule has 0 unspecified atom stereocenters. The van der Waals surface area contributed by atoms with Crippen molar-refractivity contribution < 1.29 is 14.3 Å². The van der Waals surface area contributed by atoms with Crippen LogP contribution in [0.2, 0.25) is 0 Å². The SMILES string of the molecule is COc1ccccc1N1CCN(C(=O)[C@H]2CSCN2C(=O)C2CC2)CC1. The van der Waals surface area contributed by atoms with Crippen LogP contribution in [-0.4, -0.2) is 72.6 Å². The summed E-state index contributed by atoms with van der Waals surface area (Å²) < 4.78 is 5.45. The van der Waals surface area contributed by atoms with Gasteiger partial charge in [-0.25, -0.2) is 0 Å². The fourth-order valence-electron chi connectivity index (χ4n) is 3.70. The minimum Gasteiger partial charge on any atom is -0.495 e. The molecule has 3 aliphatic rings. The highest BCUT2D eigenvalue weighted by atomic mass is 32.2. The van der Waals surface area contributed by atoms with Crippen LogP contribution in [0.3, 0.4) is 0 Å². The molecule has 26 heavy (non-hydrogen) atoms. The van der Waals surface area contributed by atoms with Gasteiger partial charge in [-0.2, -0.15) is 0 Å². The number of ether oxygens (including phenoxy) is 1. The molecular weight excluding hydrogens is 350 g/mol. The average molecular weight is 375 g/mol. The van der Waals surface area contributed by atoms with E-state index in [1.54, 1.807) is 18.9 Å². The maximum atomic E-state index is 13.0.